The Balaban J connectivity index is 1.88. The fourth-order valence-corrected chi connectivity index (χ4v) is 3.25. The maximum absolute atomic E-state index is 12.1. The molecule has 11 heteroatoms. The van der Waals surface area contributed by atoms with Gasteiger partial charge in [-0.15, -0.1) is 0 Å². The molecule has 156 valence electrons. The number of ether oxygens (including phenoxy) is 1. The number of hydrogen-bond acceptors (Lipinski definition) is 7. The Morgan fingerprint density at radius 1 is 1.21 bits per heavy atom. The van der Waals surface area contributed by atoms with E-state index < -0.39 is 20.9 Å². The van der Waals surface area contributed by atoms with Crippen LogP contribution >= 0.6 is 15.9 Å². The lowest BCUT2D eigenvalue weighted by Gasteiger charge is -2.15. The molecular formula is C18H20BrN3O6S. The Hall–Kier alpha value is -2.66. The maximum atomic E-state index is 12.1. The molecule has 0 radical (unpaired) electrons. The summed E-state index contributed by atoms with van der Waals surface area (Å²) in [6.07, 6.45) is 0.256. The molecule has 1 unspecified atom stereocenters. The highest BCUT2D eigenvalue weighted by Crippen LogP contribution is 2.27. The van der Waals surface area contributed by atoms with Gasteiger partial charge in [0.1, 0.15) is 11.4 Å². The molecule has 0 aliphatic rings. The Morgan fingerprint density at radius 2 is 1.86 bits per heavy atom. The quantitative estimate of drug-likeness (QED) is 0.317. The van der Waals surface area contributed by atoms with Crippen LogP contribution in [-0.2, 0) is 14.6 Å². The van der Waals surface area contributed by atoms with Crippen molar-refractivity contribution in [2.75, 3.05) is 24.7 Å². The zero-order valence-corrected chi connectivity index (χ0v) is 18.1. The van der Waals surface area contributed by atoms with E-state index in [1.165, 1.54) is 12.1 Å². The molecule has 1 atom stereocenters. The van der Waals surface area contributed by atoms with E-state index in [4.69, 9.17) is 4.74 Å². The minimum Gasteiger partial charge on any atom is -0.481 e. The number of halogens is 1. The van der Waals surface area contributed by atoms with Gasteiger partial charge in [-0.3, -0.25) is 14.9 Å². The number of carbonyl (C=O) groups is 1. The summed E-state index contributed by atoms with van der Waals surface area (Å²) in [4.78, 5) is 22.5. The van der Waals surface area contributed by atoms with Crippen LogP contribution in [0.2, 0.25) is 0 Å². The summed E-state index contributed by atoms with van der Waals surface area (Å²) < 4.78 is 29.6. The average molecular weight is 486 g/mol. The van der Waals surface area contributed by atoms with E-state index in [2.05, 4.69) is 26.6 Å². The van der Waals surface area contributed by atoms with Crippen LogP contribution in [-0.4, -0.2) is 44.7 Å². The Kier molecular flexibility index (Phi) is 7.57. The molecule has 0 saturated carbocycles. The molecule has 0 aliphatic heterocycles. The van der Waals surface area contributed by atoms with Crippen molar-refractivity contribution < 1.29 is 22.9 Å². The number of sulfone groups is 1. The van der Waals surface area contributed by atoms with Crippen LogP contribution in [0.5, 0.6) is 5.75 Å². The number of anilines is 1. The summed E-state index contributed by atoms with van der Waals surface area (Å²) in [5.41, 5.74) is -0.193. The van der Waals surface area contributed by atoms with E-state index in [0.29, 0.717) is 5.75 Å². The second-order valence-corrected chi connectivity index (χ2v) is 9.07. The van der Waals surface area contributed by atoms with Gasteiger partial charge >= 0.3 is 0 Å². The molecule has 29 heavy (non-hydrogen) atoms. The van der Waals surface area contributed by atoms with E-state index >= 15 is 0 Å². The van der Waals surface area contributed by atoms with Crippen LogP contribution in [0.15, 0.2) is 51.8 Å². The number of benzene rings is 2. The van der Waals surface area contributed by atoms with E-state index in [-0.39, 0.29) is 35.3 Å². The third kappa shape index (κ3) is 6.71. The maximum Gasteiger partial charge on any atom is 0.293 e. The van der Waals surface area contributed by atoms with E-state index in [9.17, 15) is 23.3 Å². The summed E-state index contributed by atoms with van der Waals surface area (Å²) in [6, 6.07) is 10.7. The number of amides is 1. The van der Waals surface area contributed by atoms with Crippen molar-refractivity contribution in [2.45, 2.75) is 17.9 Å². The van der Waals surface area contributed by atoms with Gasteiger partial charge in [-0.1, -0.05) is 15.9 Å². The first-order valence-corrected chi connectivity index (χ1v) is 11.2. The van der Waals surface area contributed by atoms with Gasteiger partial charge < -0.3 is 15.4 Å². The second-order valence-electron chi connectivity index (χ2n) is 6.14. The molecule has 2 aromatic rings. The third-order valence-electron chi connectivity index (χ3n) is 3.83. The zero-order chi connectivity index (χ0) is 21.6. The molecule has 0 aliphatic carbocycles. The summed E-state index contributed by atoms with van der Waals surface area (Å²) in [5, 5.41) is 16.7. The number of carbonyl (C=O) groups excluding carboxylic acids is 1. The standard InChI is InChI=1S/C18H20BrN3O6S/c1-12(28-14-5-3-13(19)4-6-14)18(23)21-10-9-20-16-8-7-15(29(2,26)27)11-17(16)22(24)25/h3-8,11-12,20H,9-10H2,1-2H3,(H,21,23). The lowest BCUT2D eigenvalue weighted by molar-refractivity contribution is -0.384. The third-order valence-corrected chi connectivity index (χ3v) is 5.47. The lowest BCUT2D eigenvalue weighted by atomic mass is 10.2. The molecule has 2 aromatic carbocycles. The number of hydrogen-bond donors (Lipinski definition) is 2. The number of nitrogens with one attached hydrogen (secondary N) is 2. The number of nitro groups is 1. The SMILES string of the molecule is CC(Oc1ccc(Br)cc1)C(=O)NCCNc1ccc(S(C)(=O)=O)cc1[N+](=O)[O-]. The van der Waals surface area contributed by atoms with Crippen molar-refractivity contribution in [2.24, 2.45) is 0 Å². The Bertz CT molecular complexity index is 995. The van der Waals surface area contributed by atoms with Crippen LogP contribution in [0.3, 0.4) is 0 Å². The first kappa shape index (κ1) is 22.6. The highest BCUT2D eigenvalue weighted by atomic mass is 79.9. The molecule has 9 nitrogen and oxygen atoms in total. The average Bonchev–Trinajstić information content (AvgIpc) is 2.65. The van der Waals surface area contributed by atoms with Gasteiger partial charge in [0.2, 0.25) is 0 Å². The van der Waals surface area contributed by atoms with Crippen molar-refractivity contribution in [1.82, 2.24) is 5.32 Å². The van der Waals surface area contributed by atoms with Gasteiger partial charge in [0.15, 0.2) is 15.9 Å². The molecule has 1 amide bonds. The fourth-order valence-electron chi connectivity index (χ4n) is 2.34. The van der Waals surface area contributed by atoms with Crippen molar-refractivity contribution in [1.29, 1.82) is 0 Å². The van der Waals surface area contributed by atoms with Gasteiger partial charge in [-0.05, 0) is 43.3 Å². The number of nitro benzene ring substituents is 1. The van der Waals surface area contributed by atoms with Crippen molar-refractivity contribution >= 4 is 43.0 Å². The molecule has 0 bridgehead atoms. The number of rotatable bonds is 9. The first-order valence-electron chi connectivity index (χ1n) is 8.50. The van der Waals surface area contributed by atoms with Crippen LogP contribution in [0, 0.1) is 10.1 Å². The van der Waals surface area contributed by atoms with Crippen LogP contribution < -0.4 is 15.4 Å². The topological polar surface area (TPSA) is 128 Å². The first-order chi connectivity index (χ1) is 13.6. The molecule has 0 spiro atoms. The van der Waals surface area contributed by atoms with Crippen LogP contribution in [0.25, 0.3) is 0 Å². The van der Waals surface area contributed by atoms with E-state index in [0.717, 1.165) is 16.8 Å². The molecule has 0 fully saturated rings. The summed E-state index contributed by atoms with van der Waals surface area (Å²) >= 11 is 3.32. The van der Waals surface area contributed by atoms with Crippen molar-refractivity contribution in [3.63, 3.8) is 0 Å². The van der Waals surface area contributed by atoms with Gasteiger partial charge in [0.05, 0.1) is 9.82 Å². The zero-order valence-electron chi connectivity index (χ0n) is 15.7. The summed E-state index contributed by atoms with van der Waals surface area (Å²) in [5.74, 6) is 0.215. The smallest absolute Gasteiger partial charge is 0.293 e. The number of nitrogens with zero attached hydrogens (tertiary/aromatic N) is 1. The highest BCUT2D eigenvalue weighted by Gasteiger charge is 2.19. The second kappa shape index (κ2) is 9.70. The van der Waals surface area contributed by atoms with Gasteiger partial charge in [0, 0.05) is 29.9 Å². The summed E-state index contributed by atoms with van der Waals surface area (Å²) in [7, 11) is -3.56. The monoisotopic (exact) mass is 485 g/mol. The Labute approximate surface area is 176 Å². The molecule has 0 aromatic heterocycles. The van der Waals surface area contributed by atoms with Gasteiger partial charge in [0.25, 0.3) is 11.6 Å². The normalized spacial score (nSPS) is 12.1. The van der Waals surface area contributed by atoms with Crippen LogP contribution in [0.1, 0.15) is 6.92 Å². The largest absolute Gasteiger partial charge is 0.481 e. The van der Waals surface area contributed by atoms with Gasteiger partial charge in [-0.2, -0.15) is 0 Å². The molecule has 2 N–H and O–H groups in total. The molecular weight excluding hydrogens is 466 g/mol. The van der Waals surface area contributed by atoms with E-state index in [1.807, 2.05) is 0 Å². The molecule has 0 saturated heterocycles. The predicted molar refractivity (Wildman–Crippen MR) is 112 cm³/mol. The predicted octanol–water partition coefficient (Wildman–Crippen LogP) is 2.76. The minimum atomic E-state index is -3.56. The lowest BCUT2D eigenvalue weighted by Crippen LogP contribution is -2.38. The van der Waals surface area contributed by atoms with E-state index in [1.54, 1.807) is 31.2 Å². The van der Waals surface area contributed by atoms with Crippen molar-refractivity contribution in [3.05, 3.63) is 57.1 Å². The summed E-state index contributed by atoms with van der Waals surface area (Å²) in [6.45, 7) is 2.01. The fraction of sp³-hybridized carbons (Fsp3) is 0.278. The Morgan fingerprint density at radius 3 is 2.45 bits per heavy atom. The van der Waals surface area contributed by atoms with Gasteiger partial charge in [-0.25, -0.2) is 8.42 Å². The molecule has 0 heterocycles. The molecule has 2 rings (SSSR count). The highest BCUT2D eigenvalue weighted by molar-refractivity contribution is 9.10. The van der Waals surface area contributed by atoms with Crippen molar-refractivity contribution in [3.8, 4) is 5.75 Å². The minimum absolute atomic E-state index is 0.137. The van der Waals surface area contributed by atoms with Crippen LogP contribution in [0.4, 0.5) is 11.4 Å².